The molecular weight excluding hydrogens is 368 g/mol. The van der Waals surface area contributed by atoms with Crippen molar-refractivity contribution in [3.63, 3.8) is 0 Å². The lowest BCUT2D eigenvalue weighted by atomic mass is 9.98. The van der Waals surface area contributed by atoms with E-state index in [-0.39, 0.29) is 24.1 Å². The number of hydrogen-bond donors (Lipinski definition) is 1. The number of carbonyl (C=O) groups is 1. The molecule has 7 nitrogen and oxygen atoms in total. The quantitative estimate of drug-likeness (QED) is 0.870. The smallest absolute Gasteiger partial charge is 0.243 e. The van der Waals surface area contributed by atoms with E-state index in [2.05, 4.69) is 5.32 Å². The van der Waals surface area contributed by atoms with Gasteiger partial charge >= 0.3 is 0 Å². The van der Waals surface area contributed by atoms with Crippen LogP contribution >= 0.6 is 0 Å². The highest BCUT2D eigenvalue weighted by Crippen LogP contribution is 2.34. The second kappa shape index (κ2) is 7.21. The first-order valence-electron chi connectivity index (χ1n) is 8.80. The summed E-state index contributed by atoms with van der Waals surface area (Å²) in [5.41, 5.74) is 0.604. The third kappa shape index (κ3) is 3.63. The Morgan fingerprint density at radius 2 is 1.85 bits per heavy atom. The molecule has 1 amide bonds. The van der Waals surface area contributed by atoms with Gasteiger partial charge in [-0.05, 0) is 37.1 Å². The Morgan fingerprint density at radius 1 is 1.07 bits per heavy atom. The van der Waals surface area contributed by atoms with Crippen LogP contribution in [0.4, 0.5) is 5.69 Å². The van der Waals surface area contributed by atoms with E-state index in [1.54, 1.807) is 48.5 Å². The minimum absolute atomic E-state index is 0.168. The first-order chi connectivity index (χ1) is 13.0. The van der Waals surface area contributed by atoms with E-state index in [4.69, 9.17) is 9.47 Å². The highest BCUT2D eigenvalue weighted by atomic mass is 32.2. The number of anilines is 1. The molecule has 2 heterocycles. The number of fused-ring (bicyclic) bond motifs is 1. The molecule has 2 aliphatic rings. The van der Waals surface area contributed by atoms with Crippen molar-refractivity contribution < 1.29 is 22.7 Å². The van der Waals surface area contributed by atoms with Crippen molar-refractivity contribution in [2.24, 2.45) is 5.92 Å². The topological polar surface area (TPSA) is 84.9 Å². The van der Waals surface area contributed by atoms with Crippen LogP contribution in [0.25, 0.3) is 0 Å². The molecule has 8 heteroatoms. The third-order valence-electron chi connectivity index (χ3n) is 4.78. The monoisotopic (exact) mass is 388 g/mol. The molecular formula is C19H20N2O5S. The summed E-state index contributed by atoms with van der Waals surface area (Å²) in [5.74, 6) is 0.639. The molecule has 2 aliphatic heterocycles. The molecule has 0 aromatic heterocycles. The van der Waals surface area contributed by atoms with Crippen LogP contribution in [0.3, 0.4) is 0 Å². The molecule has 0 radical (unpaired) electrons. The van der Waals surface area contributed by atoms with Crippen LogP contribution in [-0.4, -0.2) is 38.5 Å². The minimum Gasteiger partial charge on any atom is -0.454 e. The van der Waals surface area contributed by atoms with Crippen molar-refractivity contribution in [3.05, 3.63) is 48.5 Å². The van der Waals surface area contributed by atoms with Crippen LogP contribution < -0.4 is 14.8 Å². The zero-order chi connectivity index (χ0) is 18.9. The fraction of sp³-hybridized carbons (Fsp3) is 0.316. The maximum Gasteiger partial charge on any atom is 0.243 e. The Kier molecular flexibility index (Phi) is 4.75. The van der Waals surface area contributed by atoms with Gasteiger partial charge in [0.15, 0.2) is 11.5 Å². The lowest BCUT2D eigenvalue weighted by Crippen LogP contribution is -2.43. The number of piperidine rings is 1. The van der Waals surface area contributed by atoms with Gasteiger partial charge in [0.25, 0.3) is 0 Å². The largest absolute Gasteiger partial charge is 0.454 e. The van der Waals surface area contributed by atoms with Crippen molar-refractivity contribution in [3.8, 4) is 11.5 Å². The number of sulfonamides is 1. The fourth-order valence-corrected chi connectivity index (χ4v) is 4.88. The van der Waals surface area contributed by atoms with Gasteiger partial charge in [0, 0.05) is 24.8 Å². The number of hydrogen-bond acceptors (Lipinski definition) is 5. The van der Waals surface area contributed by atoms with E-state index in [1.165, 1.54) is 4.31 Å². The van der Waals surface area contributed by atoms with Crippen molar-refractivity contribution in [2.75, 3.05) is 25.2 Å². The molecule has 0 unspecified atom stereocenters. The minimum atomic E-state index is -3.59. The third-order valence-corrected chi connectivity index (χ3v) is 6.66. The normalized spacial score (nSPS) is 19.6. The van der Waals surface area contributed by atoms with Gasteiger partial charge in [-0.2, -0.15) is 4.31 Å². The van der Waals surface area contributed by atoms with Crippen molar-refractivity contribution in [1.82, 2.24) is 4.31 Å². The zero-order valence-corrected chi connectivity index (χ0v) is 15.4. The number of amides is 1. The molecule has 0 saturated carbocycles. The fourth-order valence-electron chi connectivity index (χ4n) is 3.33. The summed E-state index contributed by atoms with van der Waals surface area (Å²) in [5, 5.41) is 2.86. The Balaban J connectivity index is 1.46. The number of benzene rings is 2. The van der Waals surface area contributed by atoms with Crippen molar-refractivity contribution >= 4 is 21.6 Å². The maximum absolute atomic E-state index is 12.8. The molecule has 142 valence electrons. The maximum atomic E-state index is 12.8. The highest BCUT2D eigenvalue weighted by molar-refractivity contribution is 7.89. The number of nitrogens with one attached hydrogen (secondary N) is 1. The van der Waals surface area contributed by atoms with Crippen LogP contribution in [0.1, 0.15) is 12.8 Å². The molecule has 1 fully saturated rings. The Bertz CT molecular complexity index is 946. The molecule has 0 spiro atoms. The molecule has 1 N–H and O–H groups in total. The number of carbonyl (C=O) groups excluding carboxylic acids is 1. The lowest BCUT2D eigenvalue weighted by Gasteiger charge is -2.31. The first kappa shape index (κ1) is 17.8. The number of rotatable bonds is 4. The summed E-state index contributed by atoms with van der Waals surface area (Å²) in [6.07, 6.45) is 1.29. The van der Waals surface area contributed by atoms with Gasteiger partial charge in [0.1, 0.15) is 0 Å². The standard InChI is InChI=1S/C19H20N2O5S/c22-19(20-15-8-9-17-18(11-15)26-13-25-17)14-5-4-10-21(12-14)27(23,24)16-6-2-1-3-7-16/h1-3,6-9,11,14H,4-5,10,12-13H2,(H,20,22)/t14-/m0/s1. The van der Waals surface area contributed by atoms with Gasteiger partial charge in [-0.3, -0.25) is 4.79 Å². The van der Waals surface area contributed by atoms with Crippen LogP contribution in [0.5, 0.6) is 11.5 Å². The van der Waals surface area contributed by atoms with Gasteiger partial charge in [0.05, 0.1) is 10.8 Å². The van der Waals surface area contributed by atoms with Crippen LogP contribution in [0.15, 0.2) is 53.4 Å². The Labute approximate surface area is 157 Å². The highest BCUT2D eigenvalue weighted by Gasteiger charge is 2.33. The first-order valence-corrected chi connectivity index (χ1v) is 10.2. The van der Waals surface area contributed by atoms with Crippen molar-refractivity contribution in [1.29, 1.82) is 0 Å². The van der Waals surface area contributed by atoms with E-state index in [0.717, 1.165) is 0 Å². The molecule has 0 bridgehead atoms. The second-order valence-corrected chi connectivity index (χ2v) is 8.51. The molecule has 27 heavy (non-hydrogen) atoms. The lowest BCUT2D eigenvalue weighted by molar-refractivity contribution is -0.120. The van der Waals surface area contributed by atoms with Gasteiger partial charge in [-0.25, -0.2) is 8.42 Å². The van der Waals surface area contributed by atoms with Gasteiger partial charge in [-0.1, -0.05) is 18.2 Å². The Morgan fingerprint density at radius 3 is 2.67 bits per heavy atom. The summed E-state index contributed by atoms with van der Waals surface area (Å²) < 4.78 is 37.6. The summed E-state index contributed by atoms with van der Waals surface area (Å²) in [6.45, 7) is 0.764. The average Bonchev–Trinajstić information content (AvgIpc) is 3.16. The van der Waals surface area contributed by atoms with E-state index in [0.29, 0.717) is 36.6 Å². The second-order valence-electron chi connectivity index (χ2n) is 6.57. The number of ether oxygens (including phenoxy) is 2. The average molecular weight is 388 g/mol. The van der Waals surface area contributed by atoms with E-state index < -0.39 is 15.9 Å². The molecule has 2 aromatic carbocycles. The SMILES string of the molecule is O=C(Nc1ccc2c(c1)OCO2)[C@H]1CCCN(S(=O)(=O)c2ccccc2)C1. The molecule has 1 atom stereocenters. The van der Waals surface area contributed by atoms with Crippen LogP contribution in [0, 0.1) is 5.92 Å². The summed E-state index contributed by atoms with van der Waals surface area (Å²) in [6, 6.07) is 13.5. The summed E-state index contributed by atoms with van der Waals surface area (Å²) in [7, 11) is -3.59. The van der Waals surface area contributed by atoms with E-state index in [1.807, 2.05) is 0 Å². The van der Waals surface area contributed by atoms with Crippen molar-refractivity contribution in [2.45, 2.75) is 17.7 Å². The van der Waals surface area contributed by atoms with Gasteiger partial charge < -0.3 is 14.8 Å². The van der Waals surface area contributed by atoms with Gasteiger partial charge in [0.2, 0.25) is 22.7 Å². The van der Waals surface area contributed by atoms with Crippen LogP contribution in [0.2, 0.25) is 0 Å². The van der Waals surface area contributed by atoms with Crippen LogP contribution in [-0.2, 0) is 14.8 Å². The van der Waals surface area contributed by atoms with E-state index in [9.17, 15) is 13.2 Å². The predicted molar refractivity (Wildman–Crippen MR) is 99.1 cm³/mol. The predicted octanol–water partition coefficient (Wildman–Crippen LogP) is 2.45. The van der Waals surface area contributed by atoms with E-state index >= 15 is 0 Å². The molecule has 0 aliphatic carbocycles. The zero-order valence-electron chi connectivity index (χ0n) is 14.6. The molecule has 4 rings (SSSR count). The summed E-state index contributed by atoms with van der Waals surface area (Å²) >= 11 is 0. The van der Waals surface area contributed by atoms with Gasteiger partial charge in [-0.15, -0.1) is 0 Å². The Hall–Kier alpha value is -2.58. The number of nitrogens with zero attached hydrogens (tertiary/aromatic N) is 1. The molecule has 2 aromatic rings. The summed E-state index contributed by atoms with van der Waals surface area (Å²) in [4.78, 5) is 12.9. The molecule has 1 saturated heterocycles.